The van der Waals surface area contributed by atoms with E-state index in [1.807, 2.05) is 66.7 Å². The highest BCUT2D eigenvalue weighted by atomic mass is 16.3. The Balaban J connectivity index is 2.01. The molecule has 0 heterocycles. The summed E-state index contributed by atoms with van der Waals surface area (Å²) >= 11 is 0. The molecule has 0 amide bonds. The van der Waals surface area contributed by atoms with E-state index in [9.17, 15) is 5.11 Å². The molecule has 0 saturated heterocycles. The van der Waals surface area contributed by atoms with Gasteiger partial charge in [0.1, 0.15) is 11.4 Å². The third kappa shape index (κ3) is 3.12. The molecule has 0 aliphatic rings. The molecule has 0 fully saturated rings. The Labute approximate surface area is 129 Å². The molecule has 1 N–H and O–H groups in total. The summed E-state index contributed by atoms with van der Waals surface area (Å²) in [5.41, 5.74) is 2.15. The zero-order chi connectivity index (χ0) is 15.2. The van der Waals surface area contributed by atoms with Gasteiger partial charge in [0, 0.05) is 0 Å². The number of anilines is 2. The number of nitrogens with zero attached hydrogens (tertiary/aromatic N) is 3. The summed E-state index contributed by atoms with van der Waals surface area (Å²) in [7, 11) is 0. The second-order valence-electron chi connectivity index (χ2n) is 4.66. The number of para-hydroxylation sites is 3. The van der Waals surface area contributed by atoms with Crippen LogP contribution in [0.25, 0.3) is 0 Å². The molecule has 0 radical (unpaired) electrons. The van der Waals surface area contributed by atoms with Crippen LogP contribution in [0.15, 0.2) is 95.3 Å². The monoisotopic (exact) mass is 289 g/mol. The van der Waals surface area contributed by atoms with E-state index in [4.69, 9.17) is 0 Å². The Hall–Kier alpha value is -3.14. The quantitative estimate of drug-likeness (QED) is 0.528. The van der Waals surface area contributed by atoms with Crippen LogP contribution in [-0.4, -0.2) is 5.11 Å². The van der Waals surface area contributed by atoms with Gasteiger partial charge >= 0.3 is 0 Å². The predicted octanol–water partition coefficient (Wildman–Crippen LogP) is 5.23. The minimum absolute atomic E-state index is 0.151. The molecule has 108 valence electrons. The predicted molar refractivity (Wildman–Crippen MR) is 87.6 cm³/mol. The molecule has 4 nitrogen and oxygen atoms in total. The number of phenolic OH excluding ortho intramolecular Hbond substituents is 1. The van der Waals surface area contributed by atoms with E-state index >= 15 is 0 Å². The summed E-state index contributed by atoms with van der Waals surface area (Å²) in [5.74, 6) is 0.151. The van der Waals surface area contributed by atoms with Crippen LogP contribution in [0.4, 0.5) is 17.1 Å². The molecule has 4 heteroatoms. The normalized spacial score (nSPS) is 10.7. The first-order valence-corrected chi connectivity index (χ1v) is 6.94. The third-order valence-electron chi connectivity index (χ3n) is 3.12. The highest BCUT2D eigenvalue weighted by molar-refractivity contribution is 5.67. The van der Waals surface area contributed by atoms with Gasteiger partial charge in [0.05, 0.1) is 11.4 Å². The second kappa shape index (κ2) is 6.54. The number of benzene rings is 3. The van der Waals surface area contributed by atoms with Crippen molar-refractivity contribution in [3.8, 4) is 5.75 Å². The Bertz CT molecular complexity index is 758. The zero-order valence-electron chi connectivity index (χ0n) is 11.9. The average Bonchev–Trinajstić information content (AvgIpc) is 2.58. The molecule has 0 unspecified atom stereocenters. The lowest BCUT2D eigenvalue weighted by molar-refractivity contribution is 0.475. The van der Waals surface area contributed by atoms with Gasteiger partial charge in [-0.1, -0.05) is 53.8 Å². The lowest BCUT2D eigenvalue weighted by atomic mass is 10.2. The first-order valence-electron chi connectivity index (χ1n) is 6.94. The highest BCUT2D eigenvalue weighted by Gasteiger charge is 2.12. The van der Waals surface area contributed by atoms with Gasteiger partial charge in [-0.3, -0.25) is 0 Å². The Kier molecular flexibility index (Phi) is 4.11. The van der Waals surface area contributed by atoms with Crippen molar-refractivity contribution in [2.75, 3.05) is 5.01 Å². The number of aromatic hydroxyl groups is 1. The van der Waals surface area contributed by atoms with E-state index in [-0.39, 0.29) is 5.75 Å². The van der Waals surface area contributed by atoms with Gasteiger partial charge in [0.2, 0.25) is 0 Å². The molecule has 0 aliphatic heterocycles. The Morgan fingerprint density at radius 2 is 1.27 bits per heavy atom. The summed E-state index contributed by atoms with van der Waals surface area (Å²) in [6.07, 6.45) is 0. The van der Waals surface area contributed by atoms with Crippen molar-refractivity contribution in [2.45, 2.75) is 0 Å². The summed E-state index contributed by atoms with van der Waals surface area (Å²) in [5, 5.41) is 20.2. The van der Waals surface area contributed by atoms with Crippen molar-refractivity contribution in [3.05, 3.63) is 84.9 Å². The second-order valence-corrected chi connectivity index (χ2v) is 4.66. The molecule has 3 aromatic rings. The van der Waals surface area contributed by atoms with Crippen LogP contribution in [0.1, 0.15) is 0 Å². The van der Waals surface area contributed by atoms with Gasteiger partial charge in [0.15, 0.2) is 0 Å². The lowest BCUT2D eigenvalue weighted by Crippen LogP contribution is -2.07. The van der Waals surface area contributed by atoms with Crippen molar-refractivity contribution < 1.29 is 5.11 Å². The van der Waals surface area contributed by atoms with Crippen LogP contribution in [0.2, 0.25) is 0 Å². The maximum absolute atomic E-state index is 10.1. The molecule has 0 saturated carbocycles. The van der Waals surface area contributed by atoms with Crippen molar-refractivity contribution in [3.63, 3.8) is 0 Å². The molecule has 0 bridgehead atoms. The van der Waals surface area contributed by atoms with E-state index in [0.29, 0.717) is 5.69 Å². The lowest BCUT2D eigenvalue weighted by Gasteiger charge is -2.18. The fourth-order valence-corrected chi connectivity index (χ4v) is 2.04. The van der Waals surface area contributed by atoms with E-state index < -0.39 is 0 Å². The Morgan fingerprint density at radius 3 is 1.95 bits per heavy atom. The molecule has 0 aliphatic carbocycles. The molecule has 22 heavy (non-hydrogen) atoms. The van der Waals surface area contributed by atoms with E-state index in [0.717, 1.165) is 11.4 Å². The van der Waals surface area contributed by atoms with Crippen LogP contribution in [0, 0.1) is 0 Å². The number of rotatable bonds is 4. The van der Waals surface area contributed by atoms with Gasteiger partial charge in [-0.25, -0.2) is 5.01 Å². The summed E-state index contributed by atoms with van der Waals surface area (Å²) in [6.45, 7) is 0. The van der Waals surface area contributed by atoms with Gasteiger partial charge in [-0.05, 0) is 36.4 Å². The summed E-state index contributed by atoms with van der Waals surface area (Å²) < 4.78 is 0. The van der Waals surface area contributed by atoms with Gasteiger partial charge in [-0.15, -0.1) is 5.11 Å². The molecular weight excluding hydrogens is 274 g/mol. The summed E-state index contributed by atoms with van der Waals surface area (Å²) in [4.78, 5) is 0. The molecular formula is C18H15N3O. The topological polar surface area (TPSA) is 48.2 Å². The van der Waals surface area contributed by atoms with Crippen molar-refractivity contribution in [2.24, 2.45) is 10.3 Å². The maximum atomic E-state index is 10.1. The van der Waals surface area contributed by atoms with Crippen molar-refractivity contribution >= 4 is 17.1 Å². The van der Waals surface area contributed by atoms with Crippen LogP contribution in [0.5, 0.6) is 5.75 Å². The standard InChI is InChI=1S/C18H15N3O/c22-18-14-8-7-13-17(18)21(16-11-5-2-6-12-16)20-19-15-9-3-1-4-10-15/h1-14,22H. The van der Waals surface area contributed by atoms with Gasteiger partial charge < -0.3 is 5.11 Å². The number of hydrogen-bond donors (Lipinski definition) is 1. The maximum Gasteiger partial charge on any atom is 0.141 e. The largest absolute Gasteiger partial charge is 0.506 e. The first-order chi connectivity index (χ1) is 10.8. The zero-order valence-corrected chi connectivity index (χ0v) is 11.9. The molecule has 0 aromatic heterocycles. The average molecular weight is 289 g/mol. The fraction of sp³-hybridized carbons (Fsp3) is 0. The minimum atomic E-state index is 0.151. The van der Waals surface area contributed by atoms with Gasteiger partial charge in [-0.2, -0.15) is 0 Å². The van der Waals surface area contributed by atoms with Crippen molar-refractivity contribution in [1.82, 2.24) is 0 Å². The highest BCUT2D eigenvalue weighted by Crippen LogP contribution is 2.33. The first kappa shape index (κ1) is 13.8. The molecule has 3 rings (SSSR count). The minimum Gasteiger partial charge on any atom is -0.506 e. The van der Waals surface area contributed by atoms with Gasteiger partial charge in [0.25, 0.3) is 0 Å². The molecule has 3 aromatic carbocycles. The fourth-order valence-electron chi connectivity index (χ4n) is 2.04. The number of hydrogen-bond acceptors (Lipinski definition) is 3. The van der Waals surface area contributed by atoms with E-state index in [1.54, 1.807) is 23.2 Å². The smallest absolute Gasteiger partial charge is 0.141 e. The van der Waals surface area contributed by atoms with E-state index in [1.165, 1.54) is 0 Å². The van der Waals surface area contributed by atoms with Crippen LogP contribution < -0.4 is 5.01 Å². The van der Waals surface area contributed by atoms with Crippen molar-refractivity contribution in [1.29, 1.82) is 0 Å². The van der Waals surface area contributed by atoms with Crippen LogP contribution in [-0.2, 0) is 0 Å². The van der Waals surface area contributed by atoms with Crippen LogP contribution >= 0.6 is 0 Å². The van der Waals surface area contributed by atoms with Crippen LogP contribution in [0.3, 0.4) is 0 Å². The Morgan fingerprint density at radius 1 is 0.682 bits per heavy atom. The number of phenols is 1. The van der Waals surface area contributed by atoms with E-state index in [2.05, 4.69) is 10.3 Å². The molecule has 0 spiro atoms. The summed E-state index contributed by atoms with van der Waals surface area (Å²) in [6, 6.07) is 26.1. The molecule has 0 atom stereocenters. The SMILES string of the molecule is Oc1ccccc1N(N=Nc1ccccc1)c1ccccc1. The third-order valence-corrected chi connectivity index (χ3v) is 3.12.